The van der Waals surface area contributed by atoms with Crippen LogP contribution in [0, 0.1) is 0 Å². The van der Waals surface area contributed by atoms with Gasteiger partial charge in [-0.2, -0.15) is 0 Å². The number of nitrogens with zero attached hydrogens (tertiary/aromatic N) is 2. The second-order valence-corrected chi connectivity index (χ2v) is 9.97. The predicted molar refractivity (Wildman–Crippen MR) is 128 cm³/mol. The number of hydrogen-bond donors (Lipinski definition) is 2. The van der Waals surface area contributed by atoms with Crippen molar-refractivity contribution in [3.05, 3.63) is 58.1 Å². The van der Waals surface area contributed by atoms with E-state index >= 15 is 0 Å². The van der Waals surface area contributed by atoms with Crippen molar-refractivity contribution in [3.63, 3.8) is 0 Å². The summed E-state index contributed by atoms with van der Waals surface area (Å²) in [4.78, 5) is 16.9. The van der Waals surface area contributed by atoms with Gasteiger partial charge in [0.2, 0.25) is 0 Å². The van der Waals surface area contributed by atoms with Gasteiger partial charge in [0.1, 0.15) is 24.2 Å². The van der Waals surface area contributed by atoms with E-state index in [1.807, 2.05) is 12.1 Å². The highest BCUT2D eigenvalue weighted by atomic mass is 35.5. The van der Waals surface area contributed by atoms with Gasteiger partial charge in [-0.3, -0.25) is 4.79 Å². The third-order valence-electron chi connectivity index (χ3n) is 7.21. The second-order valence-electron chi connectivity index (χ2n) is 9.53. The Morgan fingerprint density at radius 1 is 1.12 bits per heavy atom. The van der Waals surface area contributed by atoms with Crippen molar-refractivity contribution >= 4 is 17.5 Å². The summed E-state index contributed by atoms with van der Waals surface area (Å²) in [5.74, 6) is 0.242. The maximum Gasteiger partial charge on any atom is 0.257 e. The molecule has 2 aromatic rings. The molecule has 3 heterocycles. The molecule has 2 fully saturated rings. The van der Waals surface area contributed by atoms with Crippen LogP contribution in [0.2, 0.25) is 5.02 Å². The highest BCUT2D eigenvalue weighted by molar-refractivity contribution is 6.30. The molecular formula is C26H31ClN2O5. The summed E-state index contributed by atoms with van der Waals surface area (Å²) in [5.41, 5.74) is 2.56. The number of likely N-dealkylation sites (tertiary alicyclic amines) is 2. The number of piperidine rings is 1. The van der Waals surface area contributed by atoms with Gasteiger partial charge in [-0.1, -0.05) is 17.7 Å². The third kappa shape index (κ3) is 4.75. The topological polar surface area (TPSA) is 82.5 Å². The van der Waals surface area contributed by atoms with Gasteiger partial charge in [0, 0.05) is 43.8 Å². The van der Waals surface area contributed by atoms with E-state index < -0.39 is 6.10 Å². The number of ether oxygens (including phenoxy) is 2. The molecular weight excluding hydrogens is 456 g/mol. The van der Waals surface area contributed by atoms with E-state index in [0.717, 1.165) is 56.9 Å². The summed E-state index contributed by atoms with van der Waals surface area (Å²) in [6.07, 6.45) is 2.99. The first kappa shape index (κ1) is 23.4. The Bertz CT molecular complexity index is 1050. The Balaban J connectivity index is 1.16. The molecule has 2 saturated heterocycles. The number of β-amino-alcohol motifs (C(OH)–C–C–N with tert-alkyl or cyclic N) is 1. The lowest BCUT2D eigenvalue weighted by atomic mass is 9.84. The first-order valence-corrected chi connectivity index (χ1v) is 12.4. The van der Waals surface area contributed by atoms with Crippen LogP contribution in [-0.2, 0) is 16.9 Å². The Morgan fingerprint density at radius 3 is 2.65 bits per heavy atom. The van der Waals surface area contributed by atoms with E-state index in [9.17, 15) is 15.0 Å². The minimum absolute atomic E-state index is 0.0296. The summed E-state index contributed by atoms with van der Waals surface area (Å²) in [5, 5.41) is 21.3. The fourth-order valence-electron chi connectivity index (χ4n) is 5.36. The van der Waals surface area contributed by atoms with Crippen molar-refractivity contribution in [1.82, 2.24) is 9.80 Å². The number of carbonyl (C=O) groups excluding carboxylic acids is 1. The molecule has 7 nitrogen and oxygen atoms in total. The van der Waals surface area contributed by atoms with Crippen molar-refractivity contribution in [2.24, 2.45) is 0 Å². The van der Waals surface area contributed by atoms with Gasteiger partial charge in [-0.15, -0.1) is 0 Å². The van der Waals surface area contributed by atoms with Gasteiger partial charge >= 0.3 is 0 Å². The first-order chi connectivity index (χ1) is 16.4. The minimum atomic E-state index is -0.721. The smallest absolute Gasteiger partial charge is 0.257 e. The minimum Gasteiger partial charge on any atom is -0.508 e. The average Bonchev–Trinajstić information content (AvgIpc) is 3.48. The van der Waals surface area contributed by atoms with Crippen LogP contribution in [0.1, 0.15) is 47.2 Å². The Hall–Kier alpha value is -2.32. The van der Waals surface area contributed by atoms with Crippen molar-refractivity contribution in [2.75, 3.05) is 39.3 Å². The number of aliphatic hydroxyl groups excluding tert-OH is 1. The number of hydrogen-bond acceptors (Lipinski definition) is 6. The van der Waals surface area contributed by atoms with Crippen LogP contribution in [0.3, 0.4) is 0 Å². The van der Waals surface area contributed by atoms with Crippen LogP contribution in [0.4, 0.5) is 0 Å². The number of amides is 1. The Kier molecular flexibility index (Phi) is 6.71. The standard InChI is InChI=1S/C26H31ClN2O5/c27-19-3-6-23-18(13-19)16-34-26(23)7-11-28(12-8-26)15-21(31)17-33-24-14-20(30)4-5-22(24)25(32)29-9-1-2-10-29/h3-6,13-14,21,30-31H,1-2,7-12,15-17H2/t21-/m0/s1. The van der Waals surface area contributed by atoms with E-state index in [0.29, 0.717) is 24.5 Å². The van der Waals surface area contributed by atoms with E-state index in [2.05, 4.69) is 11.0 Å². The van der Waals surface area contributed by atoms with Gasteiger partial charge in [0.15, 0.2) is 0 Å². The lowest BCUT2D eigenvalue weighted by molar-refractivity contribution is -0.0835. The zero-order chi connectivity index (χ0) is 23.7. The van der Waals surface area contributed by atoms with Crippen LogP contribution >= 0.6 is 11.6 Å². The third-order valence-corrected chi connectivity index (χ3v) is 7.45. The monoisotopic (exact) mass is 486 g/mol. The first-order valence-electron chi connectivity index (χ1n) is 12.0. The summed E-state index contributed by atoms with van der Waals surface area (Å²) >= 11 is 6.14. The number of aliphatic hydroxyl groups is 1. The molecule has 8 heteroatoms. The molecule has 0 radical (unpaired) electrons. The maximum absolute atomic E-state index is 12.8. The Morgan fingerprint density at radius 2 is 1.88 bits per heavy atom. The average molecular weight is 487 g/mol. The summed E-state index contributed by atoms with van der Waals surface area (Å²) in [6, 6.07) is 10.5. The predicted octanol–water partition coefficient (Wildman–Crippen LogP) is 3.54. The largest absolute Gasteiger partial charge is 0.508 e. The molecule has 1 amide bonds. The summed E-state index contributed by atoms with van der Waals surface area (Å²) in [6.45, 7) is 4.20. The fourth-order valence-corrected chi connectivity index (χ4v) is 5.56. The van der Waals surface area contributed by atoms with Crippen LogP contribution in [0.25, 0.3) is 0 Å². The van der Waals surface area contributed by atoms with Crippen molar-refractivity contribution in [3.8, 4) is 11.5 Å². The van der Waals surface area contributed by atoms with Crippen LogP contribution in [0.15, 0.2) is 36.4 Å². The van der Waals surface area contributed by atoms with Crippen LogP contribution < -0.4 is 4.74 Å². The molecule has 0 bridgehead atoms. The SMILES string of the molecule is O=C(c1ccc(O)cc1OC[C@@H](O)CN1CCC2(CC1)OCc1cc(Cl)ccc12)N1CCCC1. The molecule has 2 aromatic carbocycles. The highest BCUT2D eigenvalue weighted by Gasteiger charge is 2.42. The van der Waals surface area contributed by atoms with Crippen molar-refractivity contribution < 1.29 is 24.5 Å². The number of fused-ring (bicyclic) bond motifs is 2. The molecule has 1 spiro atoms. The number of benzene rings is 2. The van der Waals surface area contributed by atoms with Crippen LogP contribution in [0.5, 0.6) is 11.5 Å². The molecule has 182 valence electrons. The van der Waals surface area contributed by atoms with Gasteiger partial charge in [0.25, 0.3) is 5.91 Å². The molecule has 2 N–H and O–H groups in total. The number of carbonyl (C=O) groups is 1. The zero-order valence-electron chi connectivity index (χ0n) is 19.2. The van der Waals surface area contributed by atoms with Gasteiger partial charge in [-0.05, 0) is 61.1 Å². The molecule has 3 aliphatic rings. The lowest BCUT2D eigenvalue weighted by Gasteiger charge is -2.39. The van der Waals surface area contributed by atoms with Crippen molar-refractivity contribution in [1.29, 1.82) is 0 Å². The quantitative estimate of drug-likeness (QED) is 0.650. The lowest BCUT2D eigenvalue weighted by Crippen LogP contribution is -2.46. The van der Waals surface area contributed by atoms with Gasteiger partial charge in [-0.25, -0.2) is 0 Å². The summed E-state index contributed by atoms with van der Waals surface area (Å²) < 4.78 is 12.1. The maximum atomic E-state index is 12.8. The number of rotatable bonds is 6. The summed E-state index contributed by atoms with van der Waals surface area (Å²) in [7, 11) is 0. The number of aromatic hydroxyl groups is 1. The van der Waals surface area contributed by atoms with E-state index in [1.165, 1.54) is 23.3 Å². The molecule has 0 saturated carbocycles. The fraction of sp³-hybridized carbons (Fsp3) is 0.500. The molecule has 5 rings (SSSR count). The van der Waals surface area contributed by atoms with Gasteiger partial charge < -0.3 is 29.5 Å². The second kappa shape index (κ2) is 9.74. The molecule has 0 aromatic heterocycles. The molecule has 3 aliphatic heterocycles. The molecule has 34 heavy (non-hydrogen) atoms. The van der Waals surface area contributed by atoms with Gasteiger partial charge in [0.05, 0.1) is 17.8 Å². The highest BCUT2D eigenvalue weighted by Crippen LogP contribution is 2.44. The molecule has 1 atom stereocenters. The van der Waals surface area contributed by atoms with Crippen LogP contribution in [-0.4, -0.2) is 71.4 Å². The van der Waals surface area contributed by atoms with Crippen molar-refractivity contribution in [2.45, 2.75) is 44.0 Å². The zero-order valence-corrected chi connectivity index (χ0v) is 20.0. The van der Waals surface area contributed by atoms with E-state index in [-0.39, 0.29) is 23.9 Å². The Labute approximate surface area is 204 Å². The number of phenolic OH excluding ortho intramolecular Hbond substituents is 1. The number of halogens is 1. The van der Waals surface area contributed by atoms with E-state index in [1.54, 1.807) is 11.0 Å². The molecule has 0 aliphatic carbocycles. The number of phenols is 1. The normalized spacial score (nSPS) is 20.5. The van der Waals surface area contributed by atoms with E-state index in [4.69, 9.17) is 21.1 Å². The molecule has 0 unspecified atom stereocenters.